The quantitative estimate of drug-likeness (QED) is 0.404. The molecule has 34 heavy (non-hydrogen) atoms. The molecule has 3 rings (SSSR count). The van der Waals surface area contributed by atoms with Crippen molar-refractivity contribution in [1.82, 2.24) is 4.98 Å². The molecule has 7 nitrogen and oxygen atoms in total. The van der Waals surface area contributed by atoms with Gasteiger partial charge in [0.1, 0.15) is 22.8 Å². The van der Waals surface area contributed by atoms with Crippen LogP contribution in [0.25, 0.3) is 0 Å². The standard InChI is InChI=1S/C21H15Cl2F3N2O5S/c1-32-16-4-3-5-17(33-2)18(16)20(29)19-15(8-11(22)10-27-19)28-34(30,31)12-6-7-13(14(23)9-12)21(24,25)26/h3-10,28H,1-2H3. The Bertz CT molecular complexity index is 1340. The van der Waals surface area contributed by atoms with Gasteiger partial charge < -0.3 is 9.47 Å². The first-order chi connectivity index (χ1) is 15.9. The molecule has 0 atom stereocenters. The van der Waals surface area contributed by atoms with Gasteiger partial charge in [-0.25, -0.2) is 13.4 Å². The van der Waals surface area contributed by atoms with E-state index >= 15 is 0 Å². The number of benzene rings is 2. The van der Waals surface area contributed by atoms with Crippen molar-refractivity contribution >= 4 is 44.7 Å². The average molecular weight is 535 g/mol. The topological polar surface area (TPSA) is 94.6 Å². The van der Waals surface area contributed by atoms with Crippen molar-refractivity contribution in [1.29, 1.82) is 0 Å². The van der Waals surface area contributed by atoms with E-state index in [1.807, 2.05) is 0 Å². The zero-order chi connectivity index (χ0) is 25.3. The fourth-order valence-electron chi connectivity index (χ4n) is 2.99. The van der Waals surface area contributed by atoms with E-state index in [-0.39, 0.29) is 33.5 Å². The van der Waals surface area contributed by atoms with Crippen molar-refractivity contribution in [2.45, 2.75) is 11.1 Å². The number of nitrogens with zero attached hydrogens (tertiary/aromatic N) is 1. The lowest BCUT2D eigenvalue weighted by Crippen LogP contribution is -2.18. The first kappa shape index (κ1) is 25.6. The number of sulfonamides is 1. The molecule has 0 aliphatic heterocycles. The van der Waals surface area contributed by atoms with Crippen LogP contribution in [0.4, 0.5) is 18.9 Å². The van der Waals surface area contributed by atoms with Gasteiger partial charge in [0.2, 0.25) is 5.78 Å². The van der Waals surface area contributed by atoms with Gasteiger partial charge in [0.15, 0.2) is 0 Å². The number of ketones is 1. The molecule has 1 N–H and O–H groups in total. The van der Waals surface area contributed by atoms with Crippen molar-refractivity contribution in [3.05, 3.63) is 75.5 Å². The summed E-state index contributed by atoms with van der Waals surface area (Å²) in [5, 5.41) is -0.818. The second kappa shape index (κ2) is 9.69. The average Bonchev–Trinajstić information content (AvgIpc) is 2.77. The molecule has 0 spiro atoms. The predicted molar refractivity (Wildman–Crippen MR) is 119 cm³/mol. The van der Waals surface area contributed by atoms with Crippen molar-refractivity contribution in [2.75, 3.05) is 18.9 Å². The van der Waals surface area contributed by atoms with Gasteiger partial charge in [-0.2, -0.15) is 13.2 Å². The maximum absolute atomic E-state index is 13.3. The Balaban J connectivity index is 2.08. The van der Waals surface area contributed by atoms with Crippen LogP contribution >= 0.6 is 23.2 Å². The number of hydrogen-bond donors (Lipinski definition) is 1. The minimum atomic E-state index is -4.77. The van der Waals surface area contributed by atoms with Crippen LogP contribution < -0.4 is 14.2 Å². The number of carbonyl (C=O) groups is 1. The minimum absolute atomic E-state index is 0.00769. The number of rotatable bonds is 7. The first-order valence-corrected chi connectivity index (χ1v) is 11.4. The summed E-state index contributed by atoms with van der Waals surface area (Å²) >= 11 is 11.6. The molecular formula is C21H15Cl2F3N2O5S. The van der Waals surface area contributed by atoms with Crippen LogP contribution in [-0.4, -0.2) is 33.4 Å². The molecule has 1 aromatic heterocycles. The van der Waals surface area contributed by atoms with Gasteiger partial charge in [-0.15, -0.1) is 0 Å². The highest BCUT2D eigenvalue weighted by atomic mass is 35.5. The number of hydrogen-bond acceptors (Lipinski definition) is 6. The molecule has 1 heterocycles. The van der Waals surface area contributed by atoms with E-state index in [0.29, 0.717) is 12.1 Å². The first-order valence-electron chi connectivity index (χ1n) is 9.20. The van der Waals surface area contributed by atoms with Gasteiger partial charge >= 0.3 is 6.18 Å². The predicted octanol–water partition coefficient (Wildman–Crippen LogP) is 5.46. The molecule has 0 aliphatic carbocycles. The van der Waals surface area contributed by atoms with E-state index in [4.69, 9.17) is 32.7 Å². The molecular weight excluding hydrogens is 520 g/mol. The van der Waals surface area contributed by atoms with Gasteiger partial charge in [-0.3, -0.25) is 9.52 Å². The van der Waals surface area contributed by atoms with Gasteiger partial charge in [-0.1, -0.05) is 29.3 Å². The SMILES string of the molecule is COc1cccc(OC)c1C(=O)c1ncc(Cl)cc1NS(=O)(=O)c1ccc(C(F)(F)F)c(Cl)c1. The minimum Gasteiger partial charge on any atom is -0.496 e. The summed E-state index contributed by atoms with van der Waals surface area (Å²) in [6.45, 7) is 0. The van der Waals surface area contributed by atoms with Crippen LogP contribution in [0.5, 0.6) is 11.5 Å². The van der Waals surface area contributed by atoms with Gasteiger partial charge in [0, 0.05) is 6.20 Å². The maximum Gasteiger partial charge on any atom is 0.417 e. The van der Waals surface area contributed by atoms with E-state index in [1.165, 1.54) is 26.4 Å². The summed E-state index contributed by atoms with van der Waals surface area (Å²) in [4.78, 5) is 16.7. The summed E-state index contributed by atoms with van der Waals surface area (Å²) in [6, 6.07) is 7.64. The Labute approximate surface area is 202 Å². The van der Waals surface area contributed by atoms with Crippen LogP contribution in [0, 0.1) is 0 Å². The molecule has 0 radical (unpaired) electrons. The van der Waals surface area contributed by atoms with Gasteiger partial charge in [0.25, 0.3) is 10.0 Å². The third kappa shape index (κ3) is 5.21. The smallest absolute Gasteiger partial charge is 0.417 e. The third-order valence-electron chi connectivity index (χ3n) is 4.52. The summed E-state index contributed by atoms with van der Waals surface area (Å²) in [6.07, 6.45) is -3.64. The molecule has 0 aliphatic rings. The second-order valence-corrected chi connectivity index (χ2v) is 9.19. The zero-order valence-electron chi connectivity index (χ0n) is 17.4. The molecule has 0 saturated heterocycles. The van der Waals surface area contributed by atoms with Crippen LogP contribution in [0.3, 0.4) is 0 Å². The summed E-state index contributed by atoms with van der Waals surface area (Å²) < 4.78 is 77.3. The Hall–Kier alpha value is -3.02. The number of alkyl halides is 3. The number of anilines is 1. The number of pyridine rings is 1. The molecule has 2 aromatic carbocycles. The number of aromatic nitrogens is 1. The molecule has 13 heteroatoms. The molecule has 0 unspecified atom stereocenters. The van der Waals surface area contributed by atoms with Crippen molar-refractivity contribution in [3.63, 3.8) is 0 Å². The Morgan fingerprint density at radius 3 is 2.18 bits per heavy atom. The third-order valence-corrected chi connectivity index (χ3v) is 6.41. The van der Waals surface area contributed by atoms with Crippen LogP contribution in [0.2, 0.25) is 10.0 Å². The van der Waals surface area contributed by atoms with E-state index in [1.54, 1.807) is 6.07 Å². The monoisotopic (exact) mass is 534 g/mol. The number of nitrogens with one attached hydrogen (secondary N) is 1. The molecule has 0 saturated carbocycles. The highest BCUT2D eigenvalue weighted by molar-refractivity contribution is 7.92. The summed E-state index contributed by atoms with van der Waals surface area (Å²) in [5.41, 5.74) is -1.90. The highest BCUT2D eigenvalue weighted by Crippen LogP contribution is 2.37. The van der Waals surface area contributed by atoms with E-state index in [0.717, 1.165) is 18.3 Å². The molecule has 0 fully saturated rings. The van der Waals surface area contributed by atoms with Crippen molar-refractivity contribution in [2.24, 2.45) is 0 Å². The lowest BCUT2D eigenvalue weighted by atomic mass is 10.0. The summed E-state index contributed by atoms with van der Waals surface area (Å²) in [5.74, 6) is -0.469. The van der Waals surface area contributed by atoms with E-state index in [9.17, 15) is 26.4 Å². The van der Waals surface area contributed by atoms with Crippen molar-refractivity contribution < 1.29 is 35.9 Å². The van der Waals surface area contributed by atoms with Crippen LogP contribution in [0.1, 0.15) is 21.6 Å². The van der Waals surface area contributed by atoms with Gasteiger partial charge in [0.05, 0.1) is 40.4 Å². The van der Waals surface area contributed by atoms with Crippen LogP contribution in [0.15, 0.2) is 53.6 Å². The normalized spacial score (nSPS) is 11.7. The van der Waals surface area contributed by atoms with Crippen LogP contribution in [-0.2, 0) is 16.2 Å². The number of halogens is 5. The molecule has 180 valence electrons. The largest absolute Gasteiger partial charge is 0.496 e. The second-order valence-electron chi connectivity index (χ2n) is 6.66. The Morgan fingerprint density at radius 1 is 1.03 bits per heavy atom. The molecule has 0 amide bonds. The number of methoxy groups -OCH3 is 2. The van der Waals surface area contributed by atoms with Gasteiger partial charge in [-0.05, 0) is 36.4 Å². The fraction of sp³-hybridized carbons (Fsp3) is 0.143. The Morgan fingerprint density at radius 2 is 1.65 bits per heavy atom. The maximum atomic E-state index is 13.3. The molecule has 0 bridgehead atoms. The van der Waals surface area contributed by atoms with E-state index < -0.39 is 37.5 Å². The fourth-order valence-corrected chi connectivity index (χ4v) is 4.58. The zero-order valence-corrected chi connectivity index (χ0v) is 19.7. The van der Waals surface area contributed by atoms with E-state index in [2.05, 4.69) is 9.71 Å². The van der Waals surface area contributed by atoms with Crippen molar-refractivity contribution in [3.8, 4) is 11.5 Å². The number of carbonyl (C=O) groups excluding carboxylic acids is 1. The lowest BCUT2D eigenvalue weighted by molar-refractivity contribution is -0.137. The lowest BCUT2D eigenvalue weighted by Gasteiger charge is -2.15. The highest BCUT2D eigenvalue weighted by Gasteiger charge is 2.34. The summed E-state index contributed by atoms with van der Waals surface area (Å²) in [7, 11) is -1.84. The Kier molecular flexibility index (Phi) is 7.29. The molecule has 3 aromatic rings. The number of ether oxygens (including phenoxy) is 2.